The van der Waals surface area contributed by atoms with Crippen LogP contribution >= 0.6 is 0 Å². The standard InChI is InChI=1S/C18H30/c1-12(2)8-16-11-18(14(5)6)17(9-13(3)4)10-15(16)7/h10-14H,8-9H2,1-7H3. The van der Waals surface area contributed by atoms with Gasteiger partial charge in [-0.3, -0.25) is 0 Å². The first-order valence-corrected chi connectivity index (χ1v) is 7.43. The average molecular weight is 246 g/mol. The Hall–Kier alpha value is -0.780. The highest BCUT2D eigenvalue weighted by Crippen LogP contribution is 2.27. The van der Waals surface area contributed by atoms with Gasteiger partial charge >= 0.3 is 0 Å². The summed E-state index contributed by atoms with van der Waals surface area (Å²) in [6, 6.07) is 4.91. The maximum Gasteiger partial charge on any atom is -0.0216 e. The molecule has 0 saturated heterocycles. The number of rotatable bonds is 5. The molecule has 0 bridgehead atoms. The Balaban J connectivity index is 3.16. The van der Waals surface area contributed by atoms with E-state index in [1.54, 1.807) is 16.7 Å². The van der Waals surface area contributed by atoms with Crippen molar-refractivity contribution in [2.24, 2.45) is 11.8 Å². The van der Waals surface area contributed by atoms with Crippen LogP contribution in [0.5, 0.6) is 0 Å². The van der Waals surface area contributed by atoms with Gasteiger partial charge in [0.25, 0.3) is 0 Å². The van der Waals surface area contributed by atoms with Crippen LogP contribution in [0.15, 0.2) is 12.1 Å². The van der Waals surface area contributed by atoms with Crippen LogP contribution in [0.4, 0.5) is 0 Å². The van der Waals surface area contributed by atoms with Crippen LogP contribution in [0.3, 0.4) is 0 Å². The van der Waals surface area contributed by atoms with E-state index in [2.05, 4.69) is 60.6 Å². The summed E-state index contributed by atoms with van der Waals surface area (Å²) in [6.45, 7) is 16.1. The lowest BCUT2D eigenvalue weighted by molar-refractivity contribution is 0.629. The van der Waals surface area contributed by atoms with Crippen molar-refractivity contribution in [3.63, 3.8) is 0 Å². The van der Waals surface area contributed by atoms with Gasteiger partial charge in [-0.1, -0.05) is 53.7 Å². The molecule has 0 amide bonds. The topological polar surface area (TPSA) is 0 Å². The van der Waals surface area contributed by atoms with E-state index < -0.39 is 0 Å². The number of hydrogen-bond donors (Lipinski definition) is 0. The highest BCUT2D eigenvalue weighted by Gasteiger charge is 2.12. The van der Waals surface area contributed by atoms with E-state index >= 15 is 0 Å². The summed E-state index contributed by atoms with van der Waals surface area (Å²) in [6.07, 6.45) is 2.41. The van der Waals surface area contributed by atoms with E-state index in [-0.39, 0.29) is 0 Å². The molecule has 0 heterocycles. The van der Waals surface area contributed by atoms with Crippen molar-refractivity contribution in [2.75, 3.05) is 0 Å². The Morgan fingerprint density at radius 2 is 1.28 bits per heavy atom. The van der Waals surface area contributed by atoms with Crippen molar-refractivity contribution in [1.82, 2.24) is 0 Å². The van der Waals surface area contributed by atoms with E-state index in [1.165, 1.54) is 18.4 Å². The SMILES string of the molecule is Cc1cc(CC(C)C)c(C(C)C)cc1CC(C)C. The third-order valence-corrected chi connectivity index (χ3v) is 3.48. The van der Waals surface area contributed by atoms with Crippen LogP contribution in [0.2, 0.25) is 0 Å². The second kappa shape index (κ2) is 6.41. The molecule has 0 saturated carbocycles. The maximum absolute atomic E-state index is 2.47. The average Bonchev–Trinajstić information content (AvgIpc) is 2.19. The molecule has 0 unspecified atom stereocenters. The van der Waals surface area contributed by atoms with Crippen LogP contribution in [-0.2, 0) is 12.8 Å². The summed E-state index contributed by atoms with van der Waals surface area (Å²) in [7, 11) is 0. The molecule has 0 radical (unpaired) electrons. The molecule has 0 fully saturated rings. The second-order valence-electron chi connectivity index (χ2n) is 6.83. The van der Waals surface area contributed by atoms with E-state index in [0.29, 0.717) is 5.92 Å². The van der Waals surface area contributed by atoms with Crippen molar-refractivity contribution < 1.29 is 0 Å². The van der Waals surface area contributed by atoms with Crippen LogP contribution in [0.1, 0.15) is 69.7 Å². The lowest BCUT2D eigenvalue weighted by Gasteiger charge is -2.19. The fourth-order valence-electron chi connectivity index (χ4n) is 2.65. The highest BCUT2D eigenvalue weighted by atomic mass is 14.2. The monoisotopic (exact) mass is 246 g/mol. The van der Waals surface area contributed by atoms with Crippen molar-refractivity contribution >= 4 is 0 Å². The number of benzene rings is 1. The number of hydrogen-bond acceptors (Lipinski definition) is 0. The zero-order valence-electron chi connectivity index (χ0n) is 13.3. The molecule has 1 aromatic rings. The van der Waals surface area contributed by atoms with Crippen molar-refractivity contribution in [3.8, 4) is 0 Å². The zero-order chi connectivity index (χ0) is 13.9. The zero-order valence-corrected chi connectivity index (χ0v) is 13.3. The third kappa shape index (κ3) is 4.15. The van der Waals surface area contributed by atoms with Gasteiger partial charge in [-0.05, 0) is 59.8 Å². The molecule has 0 aliphatic rings. The molecule has 0 atom stereocenters. The lowest BCUT2D eigenvalue weighted by atomic mass is 9.86. The molecule has 1 rings (SSSR count). The maximum atomic E-state index is 2.47. The molecule has 0 heteroatoms. The molecule has 0 aliphatic heterocycles. The summed E-state index contributed by atoms with van der Waals surface area (Å²) in [5.41, 5.74) is 6.14. The van der Waals surface area contributed by atoms with Crippen LogP contribution in [0, 0.1) is 18.8 Å². The highest BCUT2D eigenvalue weighted by molar-refractivity contribution is 5.40. The minimum absolute atomic E-state index is 0.630. The molecule has 0 nitrogen and oxygen atoms in total. The van der Waals surface area contributed by atoms with Gasteiger partial charge in [0.2, 0.25) is 0 Å². The Kier molecular flexibility index (Phi) is 5.44. The summed E-state index contributed by atoms with van der Waals surface area (Å²) in [5, 5.41) is 0. The van der Waals surface area contributed by atoms with Gasteiger partial charge in [0, 0.05) is 0 Å². The van der Waals surface area contributed by atoms with E-state index in [1.807, 2.05) is 0 Å². The summed E-state index contributed by atoms with van der Waals surface area (Å²) >= 11 is 0. The minimum Gasteiger partial charge on any atom is -0.0625 e. The molecule has 0 aromatic heterocycles. The fraction of sp³-hybridized carbons (Fsp3) is 0.667. The first-order valence-electron chi connectivity index (χ1n) is 7.43. The van der Waals surface area contributed by atoms with Gasteiger partial charge in [0.05, 0.1) is 0 Å². The van der Waals surface area contributed by atoms with Gasteiger partial charge in [-0.2, -0.15) is 0 Å². The predicted octanol–water partition coefficient (Wildman–Crippen LogP) is 5.52. The van der Waals surface area contributed by atoms with Crippen LogP contribution < -0.4 is 0 Å². The minimum atomic E-state index is 0.630. The van der Waals surface area contributed by atoms with Gasteiger partial charge in [-0.25, -0.2) is 0 Å². The normalized spacial score (nSPS) is 11.9. The Morgan fingerprint density at radius 1 is 0.778 bits per heavy atom. The molecular formula is C18H30. The van der Waals surface area contributed by atoms with Crippen molar-refractivity contribution in [3.05, 3.63) is 34.4 Å². The first kappa shape index (κ1) is 15.3. The smallest absolute Gasteiger partial charge is 0.0216 e. The molecule has 18 heavy (non-hydrogen) atoms. The molecule has 0 spiro atoms. The van der Waals surface area contributed by atoms with Gasteiger partial charge < -0.3 is 0 Å². The van der Waals surface area contributed by atoms with Gasteiger partial charge in [0.1, 0.15) is 0 Å². The first-order chi connectivity index (χ1) is 8.31. The summed E-state index contributed by atoms with van der Waals surface area (Å²) < 4.78 is 0. The second-order valence-corrected chi connectivity index (χ2v) is 6.83. The van der Waals surface area contributed by atoms with Gasteiger partial charge in [0.15, 0.2) is 0 Å². The Labute approximate surface area is 114 Å². The Bertz CT molecular complexity index is 383. The van der Waals surface area contributed by atoms with Crippen molar-refractivity contribution in [1.29, 1.82) is 0 Å². The Morgan fingerprint density at radius 3 is 1.72 bits per heavy atom. The predicted molar refractivity (Wildman–Crippen MR) is 82.4 cm³/mol. The van der Waals surface area contributed by atoms with E-state index in [9.17, 15) is 0 Å². The quantitative estimate of drug-likeness (QED) is 0.642. The van der Waals surface area contributed by atoms with Gasteiger partial charge in [-0.15, -0.1) is 0 Å². The van der Waals surface area contributed by atoms with Crippen LogP contribution in [-0.4, -0.2) is 0 Å². The molecule has 1 aromatic carbocycles. The van der Waals surface area contributed by atoms with E-state index in [4.69, 9.17) is 0 Å². The largest absolute Gasteiger partial charge is 0.0625 e. The summed E-state index contributed by atoms with van der Waals surface area (Å²) in [4.78, 5) is 0. The van der Waals surface area contributed by atoms with Crippen LogP contribution in [0.25, 0.3) is 0 Å². The lowest BCUT2D eigenvalue weighted by Crippen LogP contribution is -2.06. The molecule has 102 valence electrons. The van der Waals surface area contributed by atoms with Crippen molar-refractivity contribution in [2.45, 2.75) is 67.2 Å². The molecular weight excluding hydrogens is 216 g/mol. The number of aryl methyl sites for hydroxylation is 1. The third-order valence-electron chi connectivity index (χ3n) is 3.48. The molecule has 0 N–H and O–H groups in total. The fourth-order valence-corrected chi connectivity index (χ4v) is 2.65. The summed E-state index contributed by atoms with van der Waals surface area (Å²) in [5.74, 6) is 2.10. The molecule has 0 aliphatic carbocycles. The van der Waals surface area contributed by atoms with E-state index in [0.717, 1.165) is 11.8 Å².